The largest absolute Gasteiger partial charge is 0.481 e. The number of hydrogen-bond acceptors (Lipinski definition) is 4. The van der Waals surface area contributed by atoms with Crippen LogP contribution in [0.3, 0.4) is 0 Å². The van der Waals surface area contributed by atoms with E-state index < -0.39 is 17.4 Å². The van der Waals surface area contributed by atoms with Crippen molar-refractivity contribution in [1.29, 1.82) is 0 Å². The molecule has 1 unspecified atom stereocenters. The van der Waals surface area contributed by atoms with Crippen molar-refractivity contribution < 1.29 is 19.4 Å². The average molecular weight is 286 g/mol. The van der Waals surface area contributed by atoms with E-state index in [1.165, 1.54) is 0 Å². The van der Waals surface area contributed by atoms with Crippen molar-refractivity contribution in [3.63, 3.8) is 0 Å². The summed E-state index contributed by atoms with van der Waals surface area (Å²) < 4.78 is 5.19. The SMILES string of the molecule is CC(C)(C)CC(CNC(=O)C1(N)CCOCC1)C(=O)O. The van der Waals surface area contributed by atoms with Crippen LogP contribution in [-0.2, 0) is 14.3 Å². The third-order valence-corrected chi connectivity index (χ3v) is 3.55. The third-order valence-electron chi connectivity index (χ3n) is 3.55. The van der Waals surface area contributed by atoms with Gasteiger partial charge in [0, 0.05) is 19.8 Å². The summed E-state index contributed by atoms with van der Waals surface area (Å²) in [6.45, 7) is 6.99. The van der Waals surface area contributed by atoms with Crippen molar-refractivity contribution in [1.82, 2.24) is 5.32 Å². The predicted molar refractivity (Wildman–Crippen MR) is 75.2 cm³/mol. The minimum Gasteiger partial charge on any atom is -0.481 e. The van der Waals surface area contributed by atoms with Crippen molar-refractivity contribution in [3.8, 4) is 0 Å². The van der Waals surface area contributed by atoms with E-state index in [2.05, 4.69) is 5.32 Å². The highest BCUT2D eigenvalue weighted by Gasteiger charge is 2.36. The van der Waals surface area contributed by atoms with Crippen molar-refractivity contribution in [2.75, 3.05) is 19.8 Å². The molecule has 0 bridgehead atoms. The van der Waals surface area contributed by atoms with Gasteiger partial charge in [-0.05, 0) is 24.7 Å². The van der Waals surface area contributed by atoms with Crippen molar-refractivity contribution >= 4 is 11.9 Å². The topological polar surface area (TPSA) is 102 Å². The zero-order valence-corrected chi connectivity index (χ0v) is 12.6. The Morgan fingerprint density at radius 3 is 2.35 bits per heavy atom. The minimum absolute atomic E-state index is 0.104. The van der Waals surface area contributed by atoms with Crippen LogP contribution in [0, 0.1) is 11.3 Å². The van der Waals surface area contributed by atoms with Gasteiger partial charge in [0.2, 0.25) is 5.91 Å². The van der Waals surface area contributed by atoms with Crippen molar-refractivity contribution in [3.05, 3.63) is 0 Å². The van der Waals surface area contributed by atoms with Crippen LogP contribution in [0.5, 0.6) is 0 Å². The van der Waals surface area contributed by atoms with Gasteiger partial charge in [-0.25, -0.2) is 0 Å². The molecule has 20 heavy (non-hydrogen) atoms. The number of rotatable bonds is 5. The Balaban J connectivity index is 2.54. The minimum atomic E-state index is -0.928. The molecule has 1 aliphatic rings. The molecule has 6 nitrogen and oxygen atoms in total. The van der Waals surface area contributed by atoms with Crippen LogP contribution in [0.15, 0.2) is 0 Å². The lowest BCUT2D eigenvalue weighted by Gasteiger charge is -2.32. The summed E-state index contributed by atoms with van der Waals surface area (Å²) in [6, 6.07) is 0. The number of carbonyl (C=O) groups excluding carboxylic acids is 1. The lowest BCUT2D eigenvalue weighted by molar-refractivity contribution is -0.143. The monoisotopic (exact) mass is 286 g/mol. The Labute approximate surface area is 120 Å². The van der Waals surface area contributed by atoms with Crippen LogP contribution in [0.2, 0.25) is 0 Å². The van der Waals surface area contributed by atoms with Crippen molar-refractivity contribution in [2.45, 2.75) is 45.6 Å². The van der Waals surface area contributed by atoms with Gasteiger partial charge in [-0.15, -0.1) is 0 Å². The molecule has 1 fully saturated rings. The normalized spacial score (nSPS) is 20.2. The first-order valence-electron chi connectivity index (χ1n) is 7.02. The molecule has 0 saturated carbocycles. The number of ether oxygens (including phenoxy) is 1. The molecule has 1 saturated heterocycles. The molecule has 116 valence electrons. The second-order valence-electron chi connectivity index (χ2n) is 6.78. The van der Waals surface area contributed by atoms with Gasteiger partial charge in [0.05, 0.1) is 11.5 Å². The molecule has 0 aliphatic carbocycles. The molecule has 1 atom stereocenters. The maximum absolute atomic E-state index is 12.1. The Morgan fingerprint density at radius 1 is 1.35 bits per heavy atom. The van der Waals surface area contributed by atoms with Crippen LogP contribution < -0.4 is 11.1 Å². The van der Waals surface area contributed by atoms with Gasteiger partial charge < -0.3 is 20.9 Å². The lowest BCUT2D eigenvalue weighted by atomic mass is 9.84. The van der Waals surface area contributed by atoms with Gasteiger partial charge in [0.1, 0.15) is 0 Å². The van der Waals surface area contributed by atoms with E-state index >= 15 is 0 Å². The molecule has 0 spiro atoms. The zero-order chi connectivity index (χ0) is 15.4. The van der Waals surface area contributed by atoms with Crippen molar-refractivity contribution in [2.24, 2.45) is 17.1 Å². The predicted octanol–water partition coefficient (Wildman–Crippen LogP) is 0.748. The average Bonchev–Trinajstić information content (AvgIpc) is 2.33. The molecule has 1 rings (SSSR count). The van der Waals surface area contributed by atoms with Crippen LogP contribution in [-0.4, -0.2) is 42.3 Å². The molecular weight excluding hydrogens is 260 g/mol. The Kier molecular flexibility index (Phi) is 5.53. The van der Waals surface area contributed by atoms with E-state index in [-0.39, 0.29) is 17.9 Å². The zero-order valence-electron chi connectivity index (χ0n) is 12.6. The standard InChI is InChI=1S/C14H26N2O4/c1-13(2,3)8-10(11(17)18)9-16-12(19)14(15)4-6-20-7-5-14/h10H,4-9,15H2,1-3H3,(H,16,19)(H,17,18). The summed E-state index contributed by atoms with van der Waals surface area (Å²) in [5.74, 6) is -1.76. The quantitative estimate of drug-likeness (QED) is 0.692. The Hall–Kier alpha value is -1.14. The summed E-state index contributed by atoms with van der Waals surface area (Å²) in [5.41, 5.74) is 5.02. The number of carboxylic acid groups (broad SMARTS) is 1. The molecule has 4 N–H and O–H groups in total. The lowest BCUT2D eigenvalue weighted by Crippen LogP contribution is -2.57. The fourth-order valence-electron chi connectivity index (χ4n) is 2.34. The van der Waals surface area contributed by atoms with E-state index in [0.717, 1.165) is 0 Å². The molecule has 0 aromatic rings. The molecule has 1 heterocycles. The first-order valence-corrected chi connectivity index (χ1v) is 7.02. The van der Waals surface area contributed by atoms with E-state index in [1.807, 2.05) is 20.8 Å². The first kappa shape index (κ1) is 16.9. The number of nitrogens with one attached hydrogen (secondary N) is 1. The molecule has 0 aromatic heterocycles. The van der Waals surface area contributed by atoms with Gasteiger partial charge in [-0.3, -0.25) is 9.59 Å². The maximum Gasteiger partial charge on any atom is 0.308 e. The smallest absolute Gasteiger partial charge is 0.308 e. The van der Waals surface area contributed by atoms with E-state index in [9.17, 15) is 14.7 Å². The second kappa shape index (κ2) is 6.54. The highest BCUT2D eigenvalue weighted by atomic mass is 16.5. The maximum atomic E-state index is 12.1. The number of amides is 1. The fraction of sp³-hybridized carbons (Fsp3) is 0.857. The van der Waals surface area contributed by atoms with E-state index in [1.54, 1.807) is 0 Å². The summed E-state index contributed by atoms with van der Waals surface area (Å²) >= 11 is 0. The molecule has 1 amide bonds. The number of nitrogens with two attached hydrogens (primary N) is 1. The van der Waals surface area contributed by atoms with Gasteiger partial charge in [0.25, 0.3) is 0 Å². The number of aliphatic carboxylic acids is 1. The second-order valence-corrected chi connectivity index (χ2v) is 6.78. The summed E-state index contributed by atoms with van der Waals surface area (Å²) in [5, 5.41) is 11.9. The van der Waals surface area contributed by atoms with Gasteiger partial charge in [0.15, 0.2) is 0 Å². The number of carboxylic acids is 1. The van der Waals surface area contributed by atoms with E-state index in [0.29, 0.717) is 32.5 Å². The summed E-state index contributed by atoms with van der Waals surface area (Å²) in [7, 11) is 0. The molecular formula is C14H26N2O4. The van der Waals surface area contributed by atoms with Gasteiger partial charge >= 0.3 is 5.97 Å². The number of hydrogen-bond donors (Lipinski definition) is 3. The Bertz CT molecular complexity index is 357. The van der Waals surface area contributed by atoms with E-state index in [4.69, 9.17) is 10.5 Å². The molecule has 0 aromatic carbocycles. The van der Waals surface area contributed by atoms with Crippen LogP contribution >= 0.6 is 0 Å². The molecule has 0 radical (unpaired) electrons. The number of carbonyl (C=O) groups is 2. The van der Waals surface area contributed by atoms with Crippen LogP contribution in [0.1, 0.15) is 40.0 Å². The highest BCUT2D eigenvalue weighted by molar-refractivity contribution is 5.86. The summed E-state index contributed by atoms with van der Waals surface area (Å²) in [4.78, 5) is 23.4. The molecule has 6 heteroatoms. The van der Waals surface area contributed by atoms with Crippen LogP contribution in [0.25, 0.3) is 0 Å². The molecule has 1 aliphatic heterocycles. The van der Waals surface area contributed by atoms with Crippen LogP contribution in [0.4, 0.5) is 0 Å². The van der Waals surface area contributed by atoms with Gasteiger partial charge in [-0.2, -0.15) is 0 Å². The highest BCUT2D eigenvalue weighted by Crippen LogP contribution is 2.24. The fourth-order valence-corrected chi connectivity index (χ4v) is 2.34. The first-order chi connectivity index (χ1) is 9.14. The third kappa shape index (κ3) is 5.09. The van der Waals surface area contributed by atoms with Gasteiger partial charge in [-0.1, -0.05) is 20.8 Å². The Morgan fingerprint density at radius 2 is 1.90 bits per heavy atom. The summed E-state index contributed by atoms with van der Waals surface area (Å²) in [6.07, 6.45) is 1.44.